The molecule has 0 unspecified atom stereocenters. The van der Waals surface area contributed by atoms with Crippen molar-refractivity contribution in [1.82, 2.24) is 19.7 Å². The van der Waals surface area contributed by atoms with Crippen LogP contribution in [0.3, 0.4) is 0 Å². The summed E-state index contributed by atoms with van der Waals surface area (Å²) in [6, 6.07) is 3.17. The molecule has 2 rings (SSSR count). The lowest BCUT2D eigenvalue weighted by Gasteiger charge is -2.05. The highest BCUT2D eigenvalue weighted by atomic mass is 32.2. The Morgan fingerprint density at radius 2 is 2.19 bits per heavy atom. The Bertz CT molecular complexity index is 766. The summed E-state index contributed by atoms with van der Waals surface area (Å²) in [6.45, 7) is 2.01. The van der Waals surface area contributed by atoms with Gasteiger partial charge in [-0.15, -0.1) is 0 Å². The molecule has 0 aliphatic heterocycles. The maximum atomic E-state index is 11.5. The van der Waals surface area contributed by atoms with E-state index >= 15 is 0 Å². The third-order valence-corrected chi connectivity index (χ3v) is 3.39. The Morgan fingerprint density at radius 1 is 1.43 bits per heavy atom. The molecule has 110 valence electrons. The fraction of sp³-hybridized carbons (Fsp3) is 0.250. The standard InChI is InChI=1S/C12H12N4O4S/c1-3-20-11(19)7-4-5-8(13-6-7)21-12-14-9(17)10(18)15-16(12)2/h4-6H,3H2,1-2H3,(H,15,18). The van der Waals surface area contributed by atoms with Crippen molar-refractivity contribution in [2.45, 2.75) is 17.1 Å². The Hall–Kier alpha value is -2.42. The molecule has 0 saturated carbocycles. The molecule has 9 heteroatoms. The third-order valence-electron chi connectivity index (χ3n) is 2.39. The quantitative estimate of drug-likeness (QED) is 0.634. The predicted molar refractivity (Wildman–Crippen MR) is 74.4 cm³/mol. The van der Waals surface area contributed by atoms with Gasteiger partial charge in [-0.05, 0) is 30.8 Å². The normalized spacial score (nSPS) is 10.4. The molecule has 0 amide bonds. The smallest absolute Gasteiger partial charge is 0.339 e. The maximum absolute atomic E-state index is 11.5. The van der Waals surface area contributed by atoms with E-state index in [9.17, 15) is 14.4 Å². The molecule has 2 heterocycles. The SMILES string of the molecule is CCOC(=O)c1ccc(Sc2nc(=O)c(=O)[nH]n2C)nc1. The molecule has 0 aliphatic rings. The molecule has 1 N–H and O–H groups in total. The number of hydrogen-bond acceptors (Lipinski definition) is 7. The van der Waals surface area contributed by atoms with Gasteiger partial charge in [0.1, 0.15) is 5.03 Å². The van der Waals surface area contributed by atoms with E-state index in [2.05, 4.69) is 15.1 Å². The fourth-order valence-electron chi connectivity index (χ4n) is 1.42. The summed E-state index contributed by atoms with van der Waals surface area (Å²) in [4.78, 5) is 41.6. The van der Waals surface area contributed by atoms with Crippen molar-refractivity contribution in [1.29, 1.82) is 0 Å². The monoisotopic (exact) mass is 308 g/mol. The molecule has 0 saturated heterocycles. The summed E-state index contributed by atoms with van der Waals surface area (Å²) >= 11 is 1.09. The van der Waals surface area contributed by atoms with E-state index in [0.29, 0.717) is 17.2 Å². The summed E-state index contributed by atoms with van der Waals surface area (Å²) in [5.74, 6) is -0.448. The van der Waals surface area contributed by atoms with E-state index in [1.54, 1.807) is 26.1 Å². The van der Waals surface area contributed by atoms with Crippen molar-refractivity contribution >= 4 is 17.7 Å². The van der Waals surface area contributed by atoms with E-state index in [4.69, 9.17) is 4.74 Å². The molecule has 0 spiro atoms. The number of ether oxygens (including phenoxy) is 1. The number of carbonyl (C=O) groups excluding carboxylic acids is 1. The number of carbonyl (C=O) groups is 1. The number of rotatable bonds is 4. The molecule has 0 bridgehead atoms. The van der Waals surface area contributed by atoms with Gasteiger partial charge in [-0.3, -0.25) is 19.4 Å². The van der Waals surface area contributed by atoms with Crippen LogP contribution in [0.15, 0.2) is 38.1 Å². The van der Waals surface area contributed by atoms with Crippen molar-refractivity contribution in [3.8, 4) is 0 Å². The van der Waals surface area contributed by atoms with Gasteiger partial charge in [0, 0.05) is 13.2 Å². The average molecular weight is 308 g/mol. The number of aromatic amines is 1. The van der Waals surface area contributed by atoms with Crippen molar-refractivity contribution in [3.63, 3.8) is 0 Å². The van der Waals surface area contributed by atoms with Gasteiger partial charge in [0.15, 0.2) is 5.16 Å². The van der Waals surface area contributed by atoms with Crippen LogP contribution in [0.25, 0.3) is 0 Å². The first-order valence-electron chi connectivity index (χ1n) is 5.99. The van der Waals surface area contributed by atoms with Gasteiger partial charge in [-0.2, -0.15) is 4.98 Å². The van der Waals surface area contributed by atoms with Crippen molar-refractivity contribution in [2.75, 3.05) is 6.61 Å². The molecule has 8 nitrogen and oxygen atoms in total. The van der Waals surface area contributed by atoms with Crippen molar-refractivity contribution < 1.29 is 9.53 Å². The van der Waals surface area contributed by atoms with Crippen LogP contribution in [0, 0.1) is 0 Å². The van der Waals surface area contributed by atoms with Gasteiger partial charge >= 0.3 is 17.1 Å². The molecule has 21 heavy (non-hydrogen) atoms. The molecule has 2 aromatic heterocycles. The third kappa shape index (κ3) is 3.57. The van der Waals surface area contributed by atoms with Crippen LogP contribution in [-0.2, 0) is 11.8 Å². The number of aryl methyl sites for hydroxylation is 1. The Balaban J connectivity index is 2.21. The summed E-state index contributed by atoms with van der Waals surface area (Å²) < 4.78 is 6.18. The highest BCUT2D eigenvalue weighted by Gasteiger charge is 2.10. The number of nitrogens with zero attached hydrogens (tertiary/aromatic N) is 3. The predicted octanol–water partition coefficient (Wildman–Crippen LogP) is 0.191. The number of hydrogen-bond donors (Lipinski definition) is 1. The number of nitrogens with one attached hydrogen (secondary N) is 1. The zero-order valence-electron chi connectivity index (χ0n) is 11.3. The first-order chi connectivity index (χ1) is 10.0. The minimum atomic E-state index is -0.862. The Kier molecular flexibility index (Phi) is 4.53. The Labute approximate surface area is 123 Å². The second-order valence-corrected chi connectivity index (χ2v) is 4.89. The van der Waals surface area contributed by atoms with Gasteiger partial charge in [-0.1, -0.05) is 0 Å². The number of pyridine rings is 1. The summed E-state index contributed by atoms with van der Waals surface area (Å²) in [5.41, 5.74) is -1.31. The largest absolute Gasteiger partial charge is 0.462 e. The zero-order chi connectivity index (χ0) is 15.4. The second-order valence-electron chi connectivity index (χ2n) is 3.91. The van der Waals surface area contributed by atoms with E-state index in [-0.39, 0.29) is 5.16 Å². The molecule has 0 fully saturated rings. The molecule has 0 aromatic carbocycles. The summed E-state index contributed by atoms with van der Waals surface area (Å²) in [7, 11) is 1.56. The van der Waals surface area contributed by atoms with Crippen LogP contribution in [0.5, 0.6) is 0 Å². The van der Waals surface area contributed by atoms with Crippen LogP contribution in [0.1, 0.15) is 17.3 Å². The highest BCUT2D eigenvalue weighted by Crippen LogP contribution is 2.22. The lowest BCUT2D eigenvalue weighted by Crippen LogP contribution is -2.33. The van der Waals surface area contributed by atoms with Crippen LogP contribution in [0.4, 0.5) is 0 Å². The lowest BCUT2D eigenvalue weighted by molar-refractivity contribution is 0.0525. The van der Waals surface area contributed by atoms with Crippen LogP contribution in [0.2, 0.25) is 0 Å². The molecular formula is C12H12N4O4S. The van der Waals surface area contributed by atoms with E-state index in [0.717, 1.165) is 11.8 Å². The second kappa shape index (κ2) is 6.35. The van der Waals surface area contributed by atoms with Crippen molar-refractivity contribution in [3.05, 3.63) is 44.6 Å². The number of esters is 1. The van der Waals surface area contributed by atoms with Gasteiger partial charge in [0.25, 0.3) is 0 Å². The number of aromatic nitrogens is 4. The lowest BCUT2D eigenvalue weighted by atomic mass is 10.3. The van der Waals surface area contributed by atoms with Crippen LogP contribution in [-0.4, -0.2) is 32.3 Å². The van der Waals surface area contributed by atoms with Crippen LogP contribution < -0.4 is 11.1 Å². The van der Waals surface area contributed by atoms with Gasteiger partial charge in [0.05, 0.1) is 12.2 Å². The zero-order valence-corrected chi connectivity index (χ0v) is 12.1. The molecule has 0 aliphatic carbocycles. The van der Waals surface area contributed by atoms with Gasteiger partial charge in [0.2, 0.25) is 0 Å². The van der Waals surface area contributed by atoms with E-state index in [1.807, 2.05) is 0 Å². The fourth-order valence-corrected chi connectivity index (χ4v) is 2.16. The molecule has 0 atom stereocenters. The molecule has 0 radical (unpaired) electrons. The number of H-pyrrole nitrogens is 1. The first kappa shape index (κ1) is 15.0. The Morgan fingerprint density at radius 3 is 2.81 bits per heavy atom. The van der Waals surface area contributed by atoms with Crippen molar-refractivity contribution in [2.24, 2.45) is 7.05 Å². The molecule has 2 aromatic rings. The topological polar surface area (TPSA) is 107 Å². The average Bonchev–Trinajstić information content (AvgIpc) is 2.46. The minimum absolute atomic E-state index is 0.288. The van der Waals surface area contributed by atoms with E-state index < -0.39 is 17.1 Å². The van der Waals surface area contributed by atoms with Gasteiger partial charge in [-0.25, -0.2) is 9.78 Å². The summed E-state index contributed by atoms with van der Waals surface area (Å²) in [6.07, 6.45) is 1.38. The minimum Gasteiger partial charge on any atom is -0.462 e. The van der Waals surface area contributed by atoms with E-state index in [1.165, 1.54) is 10.9 Å². The maximum Gasteiger partial charge on any atom is 0.339 e. The molecular weight excluding hydrogens is 296 g/mol. The van der Waals surface area contributed by atoms with Crippen LogP contribution >= 0.6 is 11.8 Å². The summed E-state index contributed by atoms with van der Waals surface area (Å²) in [5, 5.41) is 3.15. The highest BCUT2D eigenvalue weighted by molar-refractivity contribution is 7.99. The first-order valence-corrected chi connectivity index (χ1v) is 6.81. The van der Waals surface area contributed by atoms with Gasteiger partial charge < -0.3 is 4.74 Å².